The van der Waals surface area contributed by atoms with Crippen LogP contribution in [-0.4, -0.2) is 24.7 Å². The summed E-state index contributed by atoms with van der Waals surface area (Å²) in [6.45, 7) is 2.43. The van der Waals surface area contributed by atoms with Gasteiger partial charge in [-0.2, -0.15) is 0 Å². The van der Waals surface area contributed by atoms with Crippen molar-refractivity contribution in [1.82, 2.24) is 0 Å². The third-order valence-electron chi connectivity index (χ3n) is 9.01. The molecule has 48 heavy (non-hydrogen) atoms. The smallest absolute Gasteiger partial charge is 0.338 e. The first-order valence-corrected chi connectivity index (χ1v) is 18.1. The fraction of sp³-hybridized carbons (Fsp3) is 0.386. The molecule has 4 aromatic carbocycles. The van der Waals surface area contributed by atoms with Gasteiger partial charge in [0.15, 0.2) is 0 Å². The lowest BCUT2D eigenvalue weighted by Gasteiger charge is -2.37. The van der Waals surface area contributed by atoms with Crippen molar-refractivity contribution in [2.24, 2.45) is 5.73 Å². The Kier molecular flexibility index (Phi) is 16.2. The van der Waals surface area contributed by atoms with Crippen molar-refractivity contribution >= 4 is 5.97 Å². The summed E-state index contributed by atoms with van der Waals surface area (Å²) >= 11 is 0. The van der Waals surface area contributed by atoms with E-state index in [1.807, 2.05) is 78.9 Å². The van der Waals surface area contributed by atoms with Crippen LogP contribution in [0.5, 0.6) is 0 Å². The highest BCUT2D eigenvalue weighted by Crippen LogP contribution is 2.40. The molecule has 0 aliphatic heterocycles. The number of rotatable bonds is 22. The number of nitrogens with two attached hydrogens (primary N) is 1. The third kappa shape index (κ3) is 11.3. The molecule has 0 heterocycles. The summed E-state index contributed by atoms with van der Waals surface area (Å²) in [4.78, 5) is 13.2. The zero-order chi connectivity index (χ0) is 33.7. The molecule has 2 atom stereocenters. The van der Waals surface area contributed by atoms with Gasteiger partial charge in [0, 0.05) is 0 Å². The summed E-state index contributed by atoms with van der Waals surface area (Å²) in [5.41, 5.74) is 9.47. The number of carbonyl (C=O) groups is 1. The molecule has 4 nitrogen and oxygen atoms in total. The van der Waals surface area contributed by atoms with E-state index in [1.54, 1.807) is 12.1 Å². The Labute approximate surface area is 289 Å². The minimum absolute atomic E-state index is 0.161. The first kappa shape index (κ1) is 36.8. The molecule has 2 N–H and O–H groups in total. The van der Waals surface area contributed by atoms with E-state index in [9.17, 15) is 4.79 Å². The molecular formula is C44H55NO3. The van der Waals surface area contributed by atoms with Crippen molar-refractivity contribution in [1.29, 1.82) is 0 Å². The first-order chi connectivity index (χ1) is 23.6. The van der Waals surface area contributed by atoms with Crippen LogP contribution in [0.4, 0.5) is 0 Å². The fourth-order valence-corrected chi connectivity index (χ4v) is 6.28. The minimum Gasteiger partial charge on any atom is -0.453 e. The number of allylic oxidation sites excluding steroid dienone is 1. The number of carbonyl (C=O) groups excluding carboxylic acids is 1. The highest BCUT2D eigenvalue weighted by molar-refractivity contribution is 5.89. The zero-order valence-electron chi connectivity index (χ0n) is 28.9. The van der Waals surface area contributed by atoms with Crippen LogP contribution in [0, 0.1) is 0 Å². The fourth-order valence-electron chi connectivity index (χ4n) is 6.28. The number of hydrogen-bond donors (Lipinski definition) is 1. The van der Waals surface area contributed by atoms with Crippen LogP contribution in [-0.2, 0) is 15.1 Å². The molecule has 4 rings (SSSR count). The lowest BCUT2D eigenvalue weighted by Crippen LogP contribution is -2.44. The molecule has 2 unspecified atom stereocenters. The van der Waals surface area contributed by atoms with Gasteiger partial charge in [-0.05, 0) is 47.7 Å². The van der Waals surface area contributed by atoms with Crippen molar-refractivity contribution in [3.63, 3.8) is 0 Å². The molecule has 4 heteroatoms. The largest absolute Gasteiger partial charge is 0.453 e. The van der Waals surface area contributed by atoms with Crippen LogP contribution in [0.25, 0.3) is 0 Å². The topological polar surface area (TPSA) is 61.5 Å². The molecule has 0 spiro atoms. The molecule has 0 aliphatic rings. The maximum absolute atomic E-state index is 13.2. The molecular weight excluding hydrogens is 590 g/mol. The number of unbranched alkanes of at least 4 members (excludes halogenated alkanes) is 11. The first-order valence-electron chi connectivity index (χ1n) is 18.1. The molecule has 0 radical (unpaired) electrons. The van der Waals surface area contributed by atoms with E-state index in [2.05, 4.69) is 49.4 Å². The quantitative estimate of drug-likeness (QED) is 0.0400. The van der Waals surface area contributed by atoms with E-state index in [0.29, 0.717) is 5.56 Å². The molecule has 0 amide bonds. The highest BCUT2D eigenvalue weighted by Gasteiger charge is 2.38. The monoisotopic (exact) mass is 645 g/mol. The summed E-state index contributed by atoms with van der Waals surface area (Å²) in [6.07, 6.45) is 18.8. The predicted molar refractivity (Wildman–Crippen MR) is 199 cm³/mol. The van der Waals surface area contributed by atoms with Gasteiger partial charge in [0.1, 0.15) is 11.7 Å². The van der Waals surface area contributed by atoms with Crippen LogP contribution < -0.4 is 5.73 Å². The van der Waals surface area contributed by atoms with E-state index in [4.69, 9.17) is 15.2 Å². The maximum Gasteiger partial charge on any atom is 0.338 e. The SMILES string of the molecule is CCCCCCCCCCCCCC=CC(OC(=O)c1ccccc1)C(N)COC(c1ccccc1)(c1ccccc1)c1ccccc1. The maximum atomic E-state index is 13.2. The van der Waals surface area contributed by atoms with Gasteiger partial charge in [-0.15, -0.1) is 0 Å². The van der Waals surface area contributed by atoms with Crippen molar-refractivity contribution in [2.75, 3.05) is 6.61 Å². The summed E-state index contributed by atoms with van der Waals surface area (Å²) in [5, 5.41) is 0. The van der Waals surface area contributed by atoms with E-state index < -0.39 is 23.7 Å². The Balaban J connectivity index is 1.44. The predicted octanol–water partition coefficient (Wildman–Crippen LogP) is 10.8. The number of ether oxygens (including phenoxy) is 2. The number of hydrogen-bond acceptors (Lipinski definition) is 4. The van der Waals surface area contributed by atoms with Gasteiger partial charge in [0.25, 0.3) is 0 Å². The molecule has 0 aromatic heterocycles. The van der Waals surface area contributed by atoms with Gasteiger partial charge in [0.2, 0.25) is 0 Å². The molecule has 0 fully saturated rings. The van der Waals surface area contributed by atoms with Gasteiger partial charge in [0.05, 0.1) is 18.2 Å². The lowest BCUT2D eigenvalue weighted by atomic mass is 9.80. The van der Waals surface area contributed by atoms with E-state index in [-0.39, 0.29) is 6.61 Å². The molecule has 0 saturated carbocycles. The van der Waals surface area contributed by atoms with E-state index in [1.165, 1.54) is 64.2 Å². The zero-order valence-corrected chi connectivity index (χ0v) is 28.9. The second kappa shape index (κ2) is 21.1. The minimum atomic E-state index is -0.908. The average Bonchev–Trinajstić information content (AvgIpc) is 3.15. The van der Waals surface area contributed by atoms with Crippen LogP contribution in [0.1, 0.15) is 111 Å². The second-order valence-electron chi connectivity index (χ2n) is 12.7. The van der Waals surface area contributed by atoms with Gasteiger partial charge in [-0.1, -0.05) is 186 Å². The van der Waals surface area contributed by atoms with E-state index >= 15 is 0 Å². The summed E-state index contributed by atoms with van der Waals surface area (Å²) in [5.74, 6) is -0.393. The molecule has 0 aliphatic carbocycles. The number of benzene rings is 4. The Morgan fingerprint density at radius 2 is 1.04 bits per heavy atom. The van der Waals surface area contributed by atoms with Crippen LogP contribution in [0.15, 0.2) is 133 Å². The van der Waals surface area contributed by atoms with Gasteiger partial charge >= 0.3 is 5.97 Å². The standard InChI is InChI=1S/C44H55NO3/c1-2-3-4-5-6-7-8-9-10-11-12-13-26-35-42(48-43(46)37-27-18-14-19-28-37)41(45)36-47-44(38-29-20-15-21-30-38,39-31-22-16-23-32-39)40-33-24-17-25-34-40/h14-35,41-42H,2-13,36,45H2,1H3. The third-order valence-corrected chi connectivity index (χ3v) is 9.01. The molecule has 0 saturated heterocycles. The Bertz CT molecular complexity index is 1340. The van der Waals surface area contributed by atoms with Crippen LogP contribution in [0.2, 0.25) is 0 Å². The molecule has 254 valence electrons. The van der Waals surface area contributed by atoms with Crippen molar-refractivity contribution in [3.05, 3.63) is 156 Å². The summed E-state index contributed by atoms with van der Waals surface area (Å²) in [6, 6.07) is 39.2. The Morgan fingerprint density at radius 1 is 0.625 bits per heavy atom. The summed E-state index contributed by atoms with van der Waals surface area (Å²) in [7, 11) is 0. The van der Waals surface area contributed by atoms with Crippen molar-refractivity contribution in [2.45, 2.75) is 102 Å². The second-order valence-corrected chi connectivity index (χ2v) is 12.7. The Morgan fingerprint density at radius 3 is 1.50 bits per heavy atom. The van der Waals surface area contributed by atoms with Crippen molar-refractivity contribution in [3.8, 4) is 0 Å². The molecule has 0 bridgehead atoms. The van der Waals surface area contributed by atoms with Gasteiger partial charge < -0.3 is 15.2 Å². The lowest BCUT2D eigenvalue weighted by molar-refractivity contribution is -0.0174. The molecule has 4 aromatic rings. The number of esters is 1. The Hall–Kier alpha value is -3.99. The van der Waals surface area contributed by atoms with Gasteiger partial charge in [-0.3, -0.25) is 0 Å². The van der Waals surface area contributed by atoms with E-state index in [0.717, 1.165) is 29.5 Å². The highest BCUT2D eigenvalue weighted by atomic mass is 16.5. The average molecular weight is 646 g/mol. The van der Waals surface area contributed by atoms with Crippen molar-refractivity contribution < 1.29 is 14.3 Å². The van der Waals surface area contributed by atoms with Gasteiger partial charge in [-0.25, -0.2) is 4.79 Å². The van der Waals surface area contributed by atoms with Crippen LogP contribution in [0.3, 0.4) is 0 Å². The normalized spacial score (nSPS) is 13.0. The summed E-state index contributed by atoms with van der Waals surface area (Å²) < 4.78 is 13.0. The van der Waals surface area contributed by atoms with Crippen LogP contribution >= 0.6 is 0 Å².